The Morgan fingerprint density at radius 1 is 0.410 bits per heavy atom. The molecule has 5 aromatic rings. The van der Waals surface area contributed by atoms with Crippen molar-refractivity contribution >= 4 is 43.0 Å². The van der Waals surface area contributed by atoms with Crippen LogP contribution in [0.25, 0.3) is 0 Å². The van der Waals surface area contributed by atoms with Gasteiger partial charge in [0.15, 0.2) is 0 Å². The van der Waals surface area contributed by atoms with Crippen molar-refractivity contribution in [1.29, 1.82) is 0 Å². The fourth-order valence-electron chi connectivity index (χ4n) is 8.17. The lowest BCUT2D eigenvalue weighted by atomic mass is 9.83. The van der Waals surface area contributed by atoms with E-state index in [2.05, 4.69) is 118 Å². The van der Waals surface area contributed by atoms with Gasteiger partial charge in [-0.3, -0.25) is 9.11 Å². The van der Waals surface area contributed by atoms with Gasteiger partial charge in [0.2, 0.25) is 0 Å². The van der Waals surface area contributed by atoms with Crippen molar-refractivity contribution in [2.75, 3.05) is 10.6 Å². The van der Waals surface area contributed by atoms with Crippen LogP contribution in [0.3, 0.4) is 0 Å². The summed E-state index contributed by atoms with van der Waals surface area (Å²) in [5.41, 5.74) is 14.9. The van der Waals surface area contributed by atoms with Crippen LogP contribution in [0.4, 0.5) is 22.7 Å². The molecular formula is C51H66N2O6S2. The first-order valence-corrected chi connectivity index (χ1v) is 24.4. The largest absolute Gasteiger partial charge is 0.355 e. The first kappa shape index (κ1) is 47.6. The van der Waals surface area contributed by atoms with Crippen molar-refractivity contribution in [1.82, 2.24) is 0 Å². The highest BCUT2D eigenvalue weighted by molar-refractivity contribution is 7.86. The molecule has 0 spiro atoms. The van der Waals surface area contributed by atoms with Crippen molar-refractivity contribution in [3.63, 3.8) is 0 Å². The van der Waals surface area contributed by atoms with Gasteiger partial charge in [-0.2, -0.15) is 16.8 Å². The summed E-state index contributed by atoms with van der Waals surface area (Å²) in [7, 11) is -9.75. The number of rotatable bonds is 15. The third kappa shape index (κ3) is 10.6. The zero-order chi connectivity index (χ0) is 45.5. The van der Waals surface area contributed by atoms with E-state index in [9.17, 15) is 25.9 Å². The summed E-state index contributed by atoms with van der Waals surface area (Å²) < 4.78 is 71.1. The predicted molar refractivity (Wildman–Crippen MR) is 253 cm³/mol. The van der Waals surface area contributed by atoms with E-state index in [1.165, 1.54) is 45.5 Å². The summed E-state index contributed by atoms with van der Waals surface area (Å²) >= 11 is 0. The average Bonchev–Trinajstić information content (AvgIpc) is 3.15. The summed E-state index contributed by atoms with van der Waals surface area (Å²) in [6, 6.07) is 24.4. The third-order valence-corrected chi connectivity index (χ3v) is 13.6. The SMILES string of the molecule is Cc1cc(C(c2ccc(Nc3c(C(C)C)cc(C(C)C)cc3C(C)C)c(C)c2)c2ccc(S(=O)(=O)O)cc2S(=O)(=O)O)ccc1Nc1c(C(C)C)cc(C(C)C)cc1C(C)C. The zero-order valence-electron chi connectivity index (χ0n) is 38.4. The number of aryl methyl sites for hydroxylation is 2. The first-order valence-electron chi connectivity index (χ1n) is 21.5. The summed E-state index contributed by atoms with van der Waals surface area (Å²) in [6.07, 6.45) is 0. The van der Waals surface area contributed by atoms with Gasteiger partial charge in [0.05, 0.1) is 9.79 Å². The van der Waals surface area contributed by atoms with Crippen molar-refractivity contribution in [3.8, 4) is 0 Å². The molecule has 0 amide bonds. The lowest BCUT2D eigenvalue weighted by Gasteiger charge is -2.26. The second-order valence-corrected chi connectivity index (χ2v) is 21.4. The Kier molecular flexibility index (Phi) is 14.4. The molecule has 0 fully saturated rings. The van der Waals surface area contributed by atoms with E-state index in [4.69, 9.17) is 0 Å². The van der Waals surface area contributed by atoms with Crippen LogP contribution in [0, 0.1) is 13.8 Å². The lowest BCUT2D eigenvalue weighted by molar-refractivity contribution is 0.480. The van der Waals surface area contributed by atoms with Crippen LogP contribution in [0.2, 0.25) is 0 Å². The highest BCUT2D eigenvalue weighted by Crippen LogP contribution is 2.43. The summed E-state index contributed by atoms with van der Waals surface area (Å²) in [4.78, 5) is -1.24. The molecule has 0 aliphatic carbocycles. The average molecular weight is 867 g/mol. The maximum atomic E-state index is 13.1. The molecule has 0 bridgehead atoms. The summed E-state index contributed by atoms with van der Waals surface area (Å²) in [5.74, 6) is 1.05. The molecule has 4 N–H and O–H groups in total. The molecule has 0 atom stereocenters. The van der Waals surface area contributed by atoms with Gasteiger partial charge in [-0.15, -0.1) is 0 Å². The minimum absolute atomic E-state index is 0.164. The Bertz CT molecular complexity index is 2460. The maximum Gasteiger partial charge on any atom is 0.294 e. The highest BCUT2D eigenvalue weighted by atomic mass is 32.2. The Balaban J connectivity index is 1.71. The molecule has 0 heterocycles. The first-order chi connectivity index (χ1) is 28.3. The molecule has 0 saturated heterocycles. The maximum absolute atomic E-state index is 13.1. The molecule has 5 aromatic carbocycles. The monoisotopic (exact) mass is 866 g/mol. The number of nitrogens with one attached hydrogen (secondary N) is 2. The van der Waals surface area contributed by atoms with E-state index in [-0.39, 0.29) is 29.2 Å². The Hall–Kier alpha value is -4.48. The summed E-state index contributed by atoms with van der Waals surface area (Å²) in [5, 5.41) is 7.56. The van der Waals surface area contributed by atoms with Crippen LogP contribution in [-0.4, -0.2) is 25.9 Å². The molecule has 0 saturated carbocycles. The highest BCUT2D eigenvalue weighted by Gasteiger charge is 2.29. The van der Waals surface area contributed by atoms with Gasteiger partial charge in [0.25, 0.3) is 20.2 Å². The lowest BCUT2D eigenvalue weighted by Crippen LogP contribution is -2.13. The van der Waals surface area contributed by atoms with E-state index in [0.717, 1.165) is 51.1 Å². The van der Waals surface area contributed by atoms with Crippen molar-refractivity contribution < 1.29 is 25.9 Å². The van der Waals surface area contributed by atoms with Crippen molar-refractivity contribution in [3.05, 3.63) is 140 Å². The van der Waals surface area contributed by atoms with E-state index in [0.29, 0.717) is 11.8 Å². The smallest absolute Gasteiger partial charge is 0.294 e. The van der Waals surface area contributed by atoms with Crippen LogP contribution >= 0.6 is 0 Å². The Morgan fingerprint density at radius 2 is 0.770 bits per heavy atom. The van der Waals surface area contributed by atoms with Gasteiger partial charge in [-0.05, 0) is 135 Å². The second-order valence-electron chi connectivity index (χ2n) is 18.6. The van der Waals surface area contributed by atoms with Crippen LogP contribution in [0.5, 0.6) is 0 Å². The molecule has 0 aromatic heterocycles. The van der Waals surface area contributed by atoms with E-state index < -0.39 is 35.9 Å². The number of benzene rings is 5. The van der Waals surface area contributed by atoms with Crippen molar-refractivity contribution in [2.24, 2.45) is 0 Å². The van der Waals surface area contributed by atoms with Crippen LogP contribution in [0.1, 0.15) is 186 Å². The normalized spacial score (nSPS) is 12.6. The van der Waals surface area contributed by atoms with Crippen LogP contribution < -0.4 is 10.6 Å². The number of anilines is 4. The number of hydrogen-bond donors (Lipinski definition) is 4. The molecule has 5 rings (SSSR count). The Labute approximate surface area is 366 Å². The van der Waals surface area contributed by atoms with Gasteiger partial charge < -0.3 is 10.6 Å². The van der Waals surface area contributed by atoms with Crippen molar-refractivity contribution in [2.45, 2.75) is 148 Å². The topological polar surface area (TPSA) is 133 Å². The summed E-state index contributed by atoms with van der Waals surface area (Å²) in [6.45, 7) is 30.5. The molecule has 0 radical (unpaired) electrons. The van der Waals surface area contributed by atoms with E-state index in [1.54, 1.807) is 0 Å². The second kappa shape index (κ2) is 18.5. The Morgan fingerprint density at radius 3 is 1.05 bits per heavy atom. The van der Waals surface area contributed by atoms with Gasteiger partial charge in [0.1, 0.15) is 0 Å². The van der Waals surface area contributed by atoms with E-state index in [1.807, 2.05) is 50.2 Å². The number of hydrogen-bond acceptors (Lipinski definition) is 6. The predicted octanol–water partition coefficient (Wildman–Crippen LogP) is 14.2. The minimum Gasteiger partial charge on any atom is -0.355 e. The third-order valence-electron chi connectivity index (χ3n) is 11.8. The molecule has 0 aliphatic heterocycles. The molecular weight excluding hydrogens is 801 g/mol. The molecule has 61 heavy (non-hydrogen) atoms. The quantitative estimate of drug-likeness (QED) is 0.0604. The van der Waals surface area contributed by atoms with Gasteiger partial charge >= 0.3 is 0 Å². The molecule has 10 heteroatoms. The fraction of sp³-hybridized carbons (Fsp3) is 0.412. The van der Waals surface area contributed by atoms with Gasteiger partial charge in [-0.1, -0.05) is 138 Å². The zero-order valence-corrected chi connectivity index (χ0v) is 40.0. The standard InChI is InChI=1S/C51H66N2O6S2/c1-28(2)38-23-42(30(5)6)50(43(24-38)31(7)8)52-46-19-15-36(21-34(46)13)49(41-18-17-40(60(54,55)56)27-48(41)61(57,58)59)37-16-20-47(35(14)22-37)53-51-44(32(9)10)25-39(29(3)4)26-45(51)33(11)12/h15-33,49,52-53H,1-14H3,(H,54,55,56)(H,57,58,59). The van der Waals surface area contributed by atoms with Gasteiger partial charge in [-0.25, -0.2) is 0 Å². The molecule has 0 aliphatic rings. The van der Waals surface area contributed by atoms with E-state index >= 15 is 0 Å². The molecule has 0 unspecified atom stereocenters. The fourth-order valence-corrected chi connectivity index (χ4v) is 9.51. The van der Waals surface area contributed by atoms with Crippen LogP contribution in [-0.2, 0) is 20.2 Å². The van der Waals surface area contributed by atoms with Crippen LogP contribution in [0.15, 0.2) is 88.7 Å². The molecule has 8 nitrogen and oxygen atoms in total. The van der Waals surface area contributed by atoms with Gasteiger partial charge in [0, 0.05) is 28.7 Å². The molecule has 328 valence electrons. The minimum atomic E-state index is -4.97.